The van der Waals surface area contributed by atoms with Crippen LogP contribution in [0.2, 0.25) is 0 Å². The Morgan fingerprint density at radius 2 is 1.24 bits per heavy atom. The van der Waals surface area contributed by atoms with Crippen LogP contribution in [-0.4, -0.2) is 297 Å². The summed E-state index contributed by atoms with van der Waals surface area (Å²) in [5, 5.41) is 183. The predicted octanol–water partition coefficient (Wildman–Crippen LogP) is -12.6. The van der Waals surface area contributed by atoms with E-state index in [0.717, 1.165) is 13.8 Å². The number of amides is 2. The number of hydrogen-bond donors (Lipinski definition) is 19. The highest BCUT2D eigenvalue weighted by Gasteiger charge is 2.58. The van der Waals surface area contributed by atoms with E-state index in [1.807, 2.05) is 0 Å². The molecule has 0 aliphatic carbocycles. The third kappa shape index (κ3) is 13.0. The lowest BCUT2D eigenvalue weighted by Crippen LogP contribution is -2.70. The van der Waals surface area contributed by atoms with Gasteiger partial charge in [0.15, 0.2) is 25.2 Å². The van der Waals surface area contributed by atoms with E-state index in [2.05, 4.69) is 10.6 Å². The standard InChI is InChI=1S/C37H62N2O29/c1-10(45)38-19-12(47)3-37(36(59)60,68-31(19)22(52)14(49)5-41)61-9-18-23(53)26(56)27(57)34(64-18)66-30-17(8-44)63-33(20(25(30)55)39-11(2)46)67-32-24(54)16(7-43)62-35(28(32)58)65-29(15(50)6-42)21(51)13(48)4-40/h4,12-35,41-44,47-58H,3,5-9H2,1-2H3,(H,38,45)(H,39,46)(H,59,60)/t12-,13-,14+,15+,16+,17+,18?,19+,20+,21+,22+,23-,24-,25+,26-,27+,28+,29+,30+,31+,32-,33-,34-,35-,37+/m0/s1. The summed E-state index contributed by atoms with van der Waals surface area (Å²) in [6, 6.07) is -3.41. The molecular weight excluding hydrogens is 936 g/mol. The first-order chi connectivity index (χ1) is 31.9. The number of aliphatic hydroxyl groups excluding tert-OH is 16. The number of hydrogen-bond acceptors (Lipinski definition) is 28. The Balaban J connectivity index is 1.58. The number of ether oxygens (including phenoxy) is 8. The second-order valence-electron chi connectivity index (χ2n) is 16.5. The molecule has 2 amide bonds. The molecule has 4 aliphatic heterocycles. The zero-order valence-electron chi connectivity index (χ0n) is 36.2. The largest absolute Gasteiger partial charge is 0.477 e. The van der Waals surface area contributed by atoms with Crippen molar-refractivity contribution < 1.29 is 144 Å². The molecule has 4 fully saturated rings. The summed E-state index contributed by atoms with van der Waals surface area (Å²) in [5.74, 6) is -6.61. The van der Waals surface area contributed by atoms with Crippen LogP contribution in [0.4, 0.5) is 0 Å². The van der Waals surface area contributed by atoms with Gasteiger partial charge in [-0.15, -0.1) is 0 Å². The first-order valence-corrected chi connectivity index (χ1v) is 21.0. The average Bonchev–Trinajstić information content (AvgIpc) is 3.30. The molecule has 1 unspecified atom stereocenters. The first kappa shape index (κ1) is 57.7. The molecule has 0 aromatic carbocycles. The maximum atomic E-state index is 12.7. The highest BCUT2D eigenvalue weighted by molar-refractivity contribution is 5.76. The number of carbonyl (C=O) groups excluding carboxylic acids is 3. The van der Waals surface area contributed by atoms with Crippen molar-refractivity contribution in [3.8, 4) is 0 Å². The Bertz CT molecular complexity index is 1640. The fourth-order valence-electron chi connectivity index (χ4n) is 7.97. The van der Waals surface area contributed by atoms with Gasteiger partial charge in [0.1, 0.15) is 116 Å². The average molecular weight is 999 g/mol. The number of aliphatic hydroxyl groups is 16. The van der Waals surface area contributed by atoms with Crippen LogP contribution in [0.1, 0.15) is 20.3 Å². The fraction of sp³-hybridized carbons (Fsp3) is 0.892. The normalized spacial score (nSPS) is 41.6. The van der Waals surface area contributed by atoms with Gasteiger partial charge in [0.2, 0.25) is 11.8 Å². The number of carboxylic acid groups (broad SMARTS) is 1. The Labute approximate surface area is 384 Å². The third-order valence-corrected chi connectivity index (χ3v) is 11.6. The van der Waals surface area contributed by atoms with Crippen LogP contribution in [0.3, 0.4) is 0 Å². The van der Waals surface area contributed by atoms with Gasteiger partial charge in [-0.05, 0) is 0 Å². The van der Waals surface area contributed by atoms with Crippen molar-refractivity contribution >= 4 is 24.1 Å². The van der Waals surface area contributed by atoms with Crippen LogP contribution in [0.25, 0.3) is 0 Å². The van der Waals surface area contributed by atoms with Gasteiger partial charge in [-0.3, -0.25) is 9.59 Å². The smallest absolute Gasteiger partial charge is 0.364 e. The van der Waals surface area contributed by atoms with E-state index in [9.17, 15) is 106 Å². The minimum atomic E-state index is -2.97. The summed E-state index contributed by atoms with van der Waals surface area (Å²) < 4.78 is 44.8. The zero-order chi connectivity index (χ0) is 51.1. The first-order valence-electron chi connectivity index (χ1n) is 21.0. The van der Waals surface area contributed by atoms with Crippen LogP contribution >= 0.6 is 0 Å². The van der Waals surface area contributed by atoms with Crippen molar-refractivity contribution in [1.29, 1.82) is 0 Å². The molecule has 0 spiro atoms. The van der Waals surface area contributed by atoms with Crippen molar-refractivity contribution in [2.24, 2.45) is 0 Å². The Kier molecular flexibility index (Phi) is 21.2. The maximum Gasteiger partial charge on any atom is 0.364 e. The predicted molar refractivity (Wildman–Crippen MR) is 208 cm³/mol. The van der Waals surface area contributed by atoms with Crippen molar-refractivity contribution in [1.82, 2.24) is 10.6 Å². The van der Waals surface area contributed by atoms with Crippen LogP contribution in [0.5, 0.6) is 0 Å². The third-order valence-electron chi connectivity index (χ3n) is 11.6. The van der Waals surface area contributed by atoms with E-state index in [1.165, 1.54) is 0 Å². The van der Waals surface area contributed by atoms with E-state index >= 15 is 0 Å². The molecule has 4 heterocycles. The number of aldehydes is 1. The Morgan fingerprint density at radius 1 is 0.676 bits per heavy atom. The number of nitrogens with one attached hydrogen (secondary N) is 2. The Hall–Kier alpha value is -2.88. The Morgan fingerprint density at radius 3 is 1.78 bits per heavy atom. The second-order valence-corrected chi connectivity index (χ2v) is 16.5. The molecule has 68 heavy (non-hydrogen) atoms. The van der Waals surface area contributed by atoms with Crippen LogP contribution < -0.4 is 10.6 Å². The highest BCUT2D eigenvalue weighted by Crippen LogP contribution is 2.37. The van der Waals surface area contributed by atoms with E-state index < -0.39 is 210 Å². The molecule has 0 aromatic heterocycles. The molecule has 0 bridgehead atoms. The molecule has 0 radical (unpaired) electrons. The van der Waals surface area contributed by atoms with E-state index in [-0.39, 0.29) is 6.29 Å². The molecule has 4 aliphatic rings. The minimum absolute atomic E-state index is 0.140. The van der Waals surface area contributed by atoms with E-state index in [4.69, 9.17) is 37.9 Å². The highest BCUT2D eigenvalue weighted by atomic mass is 16.8. The number of carboxylic acids is 1. The van der Waals surface area contributed by atoms with Crippen molar-refractivity contribution in [3.05, 3.63) is 0 Å². The molecular formula is C37H62N2O29. The van der Waals surface area contributed by atoms with Gasteiger partial charge in [0.25, 0.3) is 5.79 Å². The van der Waals surface area contributed by atoms with Crippen molar-refractivity contribution in [2.75, 3.05) is 33.0 Å². The van der Waals surface area contributed by atoms with Gasteiger partial charge in [-0.25, -0.2) is 4.79 Å². The molecule has 31 heteroatoms. The van der Waals surface area contributed by atoms with Gasteiger partial charge < -0.3 is 140 Å². The molecule has 31 nitrogen and oxygen atoms in total. The lowest BCUT2D eigenvalue weighted by atomic mass is 9.88. The summed E-state index contributed by atoms with van der Waals surface area (Å²) in [4.78, 5) is 48.2. The van der Waals surface area contributed by atoms with Gasteiger partial charge >= 0.3 is 5.97 Å². The van der Waals surface area contributed by atoms with Crippen molar-refractivity contribution in [2.45, 2.75) is 173 Å². The lowest BCUT2D eigenvalue weighted by Gasteiger charge is -2.49. The zero-order valence-corrected chi connectivity index (χ0v) is 36.2. The van der Waals surface area contributed by atoms with E-state index in [0.29, 0.717) is 0 Å². The number of carbonyl (C=O) groups is 4. The molecule has 0 saturated carbocycles. The number of rotatable bonds is 22. The van der Waals surface area contributed by atoms with Gasteiger partial charge in [-0.2, -0.15) is 0 Å². The summed E-state index contributed by atoms with van der Waals surface area (Å²) >= 11 is 0. The lowest BCUT2D eigenvalue weighted by molar-refractivity contribution is -0.375. The maximum absolute atomic E-state index is 12.7. The summed E-state index contributed by atoms with van der Waals surface area (Å²) in [6.07, 6.45) is -46.3. The monoisotopic (exact) mass is 998 g/mol. The molecule has 19 N–H and O–H groups in total. The summed E-state index contributed by atoms with van der Waals surface area (Å²) in [5.41, 5.74) is 0. The van der Waals surface area contributed by atoms with Crippen LogP contribution in [0, 0.1) is 0 Å². The molecule has 0 aromatic rings. The second kappa shape index (κ2) is 25.0. The molecule has 4 rings (SSSR count). The fourth-order valence-corrected chi connectivity index (χ4v) is 7.97. The summed E-state index contributed by atoms with van der Waals surface area (Å²) in [6.45, 7) is -3.48. The number of aliphatic carboxylic acids is 1. The molecule has 394 valence electrons. The van der Waals surface area contributed by atoms with Gasteiger partial charge in [0, 0.05) is 20.3 Å². The van der Waals surface area contributed by atoms with Gasteiger partial charge in [-0.1, -0.05) is 0 Å². The van der Waals surface area contributed by atoms with Crippen molar-refractivity contribution in [3.63, 3.8) is 0 Å². The molecule has 25 atom stereocenters. The van der Waals surface area contributed by atoms with Crippen LogP contribution in [0.15, 0.2) is 0 Å². The van der Waals surface area contributed by atoms with Gasteiger partial charge in [0.05, 0.1) is 45.2 Å². The topological polar surface area (TPSA) is 510 Å². The quantitative estimate of drug-likeness (QED) is 0.0448. The van der Waals surface area contributed by atoms with E-state index in [1.54, 1.807) is 0 Å². The minimum Gasteiger partial charge on any atom is -0.477 e. The van der Waals surface area contributed by atoms with Crippen LogP contribution in [-0.2, 0) is 57.1 Å². The summed E-state index contributed by atoms with van der Waals surface area (Å²) in [7, 11) is 0. The SMILES string of the molecule is CC(=O)N[C@H]1[C@H](O[C@H]2[C@@H](O)[C@@H](CO)O[C@@H](O[C@@H]([C@H](O)[C@@H](O)C=O)[C@H](O)CO)[C@@H]2O)O[C@H](CO)[C@@H](O[C@@H]2OC(CO[C@]3(C(=O)O)C[C@H](O)[C@@H](NC(C)=O)[C@H]([C@H](O)[C@H](O)CO)O3)[C@H](O)[C@H](O)[C@H]2O)[C@@H]1O. The molecule has 4 saturated heterocycles.